The lowest BCUT2D eigenvalue weighted by molar-refractivity contribution is -0.123. The van der Waals surface area contributed by atoms with E-state index in [0.29, 0.717) is 18.9 Å². The van der Waals surface area contributed by atoms with Crippen LogP contribution in [0.25, 0.3) is 0 Å². The quantitative estimate of drug-likeness (QED) is 0.528. The molecule has 1 aromatic heterocycles. The van der Waals surface area contributed by atoms with Crippen LogP contribution >= 0.6 is 0 Å². The molecule has 2 aromatic carbocycles. The molecule has 0 bridgehead atoms. The van der Waals surface area contributed by atoms with Crippen molar-refractivity contribution in [3.8, 4) is 0 Å². The third-order valence-electron chi connectivity index (χ3n) is 5.05. The zero-order valence-electron chi connectivity index (χ0n) is 18.5. The molecular weight excluding hydrogens is 402 g/mol. The summed E-state index contributed by atoms with van der Waals surface area (Å²) in [6.45, 7) is 4.67. The number of benzene rings is 2. The maximum atomic E-state index is 12.9. The van der Waals surface area contributed by atoms with E-state index in [9.17, 15) is 9.59 Å². The maximum absolute atomic E-state index is 12.9. The lowest BCUT2D eigenvalue weighted by Gasteiger charge is -2.19. The van der Waals surface area contributed by atoms with Crippen molar-refractivity contribution >= 4 is 12.0 Å². The number of amides is 2. The molecule has 1 unspecified atom stereocenters. The van der Waals surface area contributed by atoms with Crippen LogP contribution in [-0.2, 0) is 29.1 Å². The van der Waals surface area contributed by atoms with Crippen molar-refractivity contribution in [2.24, 2.45) is 0 Å². The number of carbonyl (C=O) groups is 2. The first kappa shape index (κ1) is 23.0. The standard InChI is InChI=1S/C26H29N3O3/c1-19(2)23-13-22(15-27-17-23)16-28-25(30)24(14-20-9-5-3-6-10-20)29-26(31)32-18-21-11-7-4-8-12-21/h3-13,15,17,19,24H,14,16,18H2,1-2H3,(H,28,30)(H,29,31). The minimum atomic E-state index is -0.762. The van der Waals surface area contributed by atoms with Gasteiger partial charge in [-0.3, -0.25) is 9.78 Å². The van der Waals surface area contributed by atoms with E-state index in [1.54, 1.807) is 6.20 Å². The molecule has 0 aliphatic carbocycles. The number of aromatic nitrogens is 1. The van der Waals surface area contributed by atoms with Crippen molar-refractivity contribution in [2.45, 2.75) is 45.4 Å². The molecule has 6 nitrogen and oxygen atoms in total. The van der Waals surface area contributed by atoms with Crippen molar-refractivity contribution in [2.75, 3.05) is 0 Å². The molecule has 3 aromatic rings. The summed E-state index contributed by atoms with van der Waals surface area (Å²) in [6.07, 6.45) is 3.30. The Balaban J connectivity index is 1.62. The summed E-state index contributed by atoms with van der Waals surface area (Å²) in [6, 6.07) is 20.2. The highest BCUT2D eigenvalue weighted by Gasteiger charge is 2.22. The van der Waals surface area contributed by atoms with Gasteiger partial charge in [0.15, 0.2) is 0 Å². The summed E-state index contributed by atoms with van der Waals surface area (Å²) in [7, 11) is 0. The van der Waals surface area contributed by atoms with Crippen molar-refractivity contribution in [1.82, 2.24) is 15.6 Å². The molecule has 1 atom stereocenters. The molecule has 1 heterocycles. The Labute approximate surface area is 189 Å². The van der Waals surface area contributed by atoms with Gasteiger partial charge in [-0.15, -0.1) is 0 Å². The monoisotopic (exact) mass is 431 g/mol. The number of nitrogens with zero attached hydrogens (tertiary/aromatic N) is 1. The zero-order chi connectivity index (χ0) is 22.8. The third-order valence-corrected chi connectivity index (χ3v) is 5.05. The van der Waals surface area contributed by atoms with Gasteiger partial charge in [-0.2, -0.15) is 0 Å². The summed E-state index contributed by atoms with van der Waals surface area (Å²) in [5.41, 5.74) is 3.85. The Morgan fingerprint density at radius 1 is 0.906 bits per heavy atom. The van der Waals surface area contributed by atoms with E-state index in [0.717, 1.165) is 22.3 Å². The van der Waals surface area contributed by atoms with Crippen LogP contribution in [0.4, 0.5) is 4.79 Å². The van der Waals surface area contributed by atoms with E-state index in [2.05, 4.69) is 29.5 Å². The number of hydrogen-bond acceptors (Lipinski definition) is 4. The molecule has 2 N–H and O–H groups in total. The number of ether oxygens (including phenoxy) is 1. The molecule has 0 aliphatic heterocycles. The van der Waals surface area contributed by atoms with E-state index >= 15 is 0 Å². The Hall–Kier alpha value is -3.67. The topological polar surface area (TPSA) is 80.3 Å². The smallest absolute Gasteiger partial charge is 0.408 e. The Kier molecular flexibility index (Phi) is 8.37. The molecule has 0 radical (unpaired) electrons. The molecule has 0 saturated carbocycles. The van der Waals surface area contributed by atoms with Gasteiger partial charge < -0.3 is 15.4 Å². The fourth-order valence-corrected chi connectivity index (χ4v) is 3.20. The van der Waals surface area contributed by atoms with Crippen LogP contribution in [0.5, 0.6) is 0 Å². The van der Waals surface area contributed by atoms with Gasteiger partial charge >= 0.3 is 6.09 Å². The molecule has 0 spiro atoms. The van der Waals surface area contributed by atoms with Gasteiger partial charge in [-0.1, -0.05) is 80.6 Å². The average molecular weight is 432 g/mol. The molecule has 0 saturated heterocycles. The first-order valence-electron chi connectivity index (χ1n) is 10.7. The van der Waals surface area contributed by atoms with E-state index in [-0.39, 0.29) is 12.5 Å². The number of alkyl carbamates (subject to hydrolysis) is 1. The third kappa shape index (κ3) is 7.23. The SMILES string of the molecule is CC(C)c1cncc(CNC(=O)C(Cc2ccccc2)NC(=O)OCc2ccccc2)c1. The van der Waals surface area contributed by atoms with Crippen LogP contribution < -0.4 is 10.6 Å². The van der Waals surface area contributed by atoms with Crippen molar-refractivity contribution in [3.05, 3.63) is 101 Å². The Bertz CT molecular complexity index is 1010. The van der Waals surface area contributed by atoms with Crippen LogP contribution in [-0.4, -0.2) is 23.0 Å². The molecule has 32 heavy (non-hydrogen) atoms. The zero-order valence-corrected chi connectivity index (χ0v) is 18.5. The highest BCUT2D eigenvalue weighted by Crippen LogP contribution is 2.14. The fourth-order valence-electron chi connectivity index (χ4n) is 3.20. The lowest BCUT2D eigenvalue weighted by atomic mass is 10.0. The summed E-state index contributed by atoms with van der Waals surface area (Å²) in [5, 5.41) is 5.63. The number of pyridine rings is 1. The molecule has 2 amide bonds. The van der Waals surface area contributed by atoms with Gasteiger partial charge in [0.25, 0.3) is 0 Å². The summed E-state index contributed by atoms with van der Waals surface area (Å²) < 4.78 is 5.31. The highest BCUT2D eigenvalue weighted by atomic mass is 16.5. The van der Waals surface area contributed by atoms with Crippen LogP contribution in [0, 0.1) is 0 Å². The van der Waals surface area contributed by atoms with Crippen molar-refractivity contribution in [3.63, 3.8) is 0 Å². The van der Waals surface area contributed by atoms with Crippen LogP contribution in [0.15, 0.2) is 79.1 Å². The second-order valence-electron chi connectivity index (χ2n) is 7.95. The minimum Gasteiger partial charge on any atom is -0.445 e. The number of nitrogens with one attached hydrogen (secondary N) is 2. The van der Waals surface area contributed by atoms with E-state index in [4.69, 9.17) is 4.74 Å². The average Bonchev–Trinajstić information content (AvgIpc) is 2.82. The van der Waals surface area contributed by atoms with Gasteiger partial charge in [-0.05, 0) is 28.2 Å². The van der Waals surface area contributed by atoms with E-state index in [1.165, 1.54) is 0 Å². The number of rotatable bonds is 9. The van der Waals surface area contributed by atoms with Gasteiger partial charge in [0.2, 0.25) is 5.91 Å². The molecule has 0 aliphatic rings. The molecule has 166 valence electrons. The predicted molar refractivity (Wildman–Crippen MR) is 124 cm³/mol. The largest absolute Gasteiger partial charge is 0.445 e. The molecule has 3 rings (SSSR count). The Morgan fingerprint density at radius 3 is 2.22 bits per heavy atom. The van der Waals surface area contributed by atoms with Crippen LogP contribution in [0.1, 0.15) is 42.0 Å². The molecule has 0 fully saturated rings. The van der Waals surface area contributed by atoms with Gasteiger partial charge in [0.1, 0.15) is 12.6 Å². The van der Waals surface area contributed by atoms with Crippen molar-refractivity contribution in [1.29, 1.82) is 0 Å². The second kappa shape index (κ2) is 11.6. The summed E-state index contributed by atoms with van der Waals surface area (Å²) in [4.78, 5) is 29.6. The Morgan fingerprint density at radius 2 is 1.56 bits per heavy atom. The van der Waals surface area contributed by atoms with Crippen LogP contribution in [0.3, 0.4) is 0 Å². The van der Waals surface area contributed by atoms with Gasteiger partial charge in [0.05, 0.1) is 0 Å². The van der Waals surface area contributed by atoms with Crippen molar-refractivity contribution < 1.29 is 14.3 Å². The van der Waals surface area contributed by atoms with Crippen LogP contribution in [0.2, 0.25) is 0 Å². The lowest BCUT2D eigenvalue weighted by Crippen LogP contribution is -2.48. The first-order valence-corrected chi connectivity index (χ1v) is 10.7. The highest BCUT2D eigenvalue weighted by molar-refractivity contribution is 5.85. The minimum absolute atomic E-state index is 0.139. The summed E-state index contributed by atoms with van der Waals surface area (Å²) >= 11 is 0. The second-order valence-corrected chi connectivity index (χ2v) is 7.95. The normalized spacial score (nSPS) is 11.6. The number of hydrogen-bond donors (Lipinski definition) is 2. The molecule has 6 heteroatoms. The summed E-state index contributed by atoms with van der Waals surface area (Å²) in [5.74, 6) is 0.0745. The van der Waals surface area contributed by atoms with Gasteiger partial charge in [-0.25, -0.2) is 4.79 Å². The molecular formula is C26H29N3O3. The maximum Gasteiger partial charge on any atom is 0.408 e. The van der Waals surface area contributed by atoms with Gasteiger partial charge in [0, 0.05) is 25.4 Å². The first-order chi connectivity index (χ1) is 15.5. The van der Waals surface area contributed by atoms with E-state index in [1.807, 2.05) is 72.9 Å². The number of carbonyl (C=O) groups excluding carboxylic acids is 2. The predicted octanol–water partition coefficient (Wildman–Crippen LogP) is 4.36. The van der Waals surface area contributed by atoms with E-state index < -0.39 is 12.1 Å². The fraction of sp³-hybridized carbons (Fsp3) is 0.269.